The first-order valence-corrected chi connectivity index (χ1v) is 6.41. The molecule has 0 heterocycles. The third kappa shape index (κ3) is 3.73. The van der Waals surface area contributed by atoms with Crippen LogP contribution in [0.5, 0.6) is 0 Å². The Labute approximate surface area is 99.4 Å². The quantitative estimate of drug-likeness (QED) is 0.359. The molecule has 4 nitrogen and oxygen atoms in total. The smallest absolute Gasteiger partial charge is 0.292 e. The van der Waals surface area contributed by atoms with Crippen molar-refractivity contribution in [1.29, 1.82) is 0 Å². The Balaban J connectivity index is 2.56. The van der Waals surface area contributed by atoms with Gasteiger partial charge in [0.25, 0.3) is 5.69 Å². The highest BCUT2D eigenvalue weighted by atomic mass is 32.2. The molecule has 0 spiro atoms. The molecule has 16 heavy (non-hydrogen) atoms. The second-order valence-electron chi connectivity index (χ2n) is 3.56. The van der Waals surface area contributed by atoms with Crippen molar-refractivity contribution in [1.82, 2.24) is 0 Å². The molecule has 0 saturated heterocycles. The van der Waals surface area contributed by atoms with Crippen molar-refractivity contribution in [3.8, 4) is 0 Å². The molecular weight excluding hydrogens is 224 g/mol. The SMILES string of the molecule is CCCCSCc1ccc([N+](=O)[O-])c(N)c1. The Morgan fingerprint density at radius 3 is 2.81 bits per heavy atom. The molecule has 0 aromatic heterocycles. The topological polar surface area (TPSA) is 69.2 Å². The second kappa shape index (κ2) is 6.37. The molecule has 88 valence electrons. The van der Waals surface area contributed by atoms with Gasteiger partial charge >= 0.3 is 0 Å². The predicted molar refractivity (Wildman–Crippen MR) is 68.6 cm³/mol. The van der Waals surface area contributed by atoms with Gasteiger partial charge in [-0.1, -0.05) is 19.4 Å². The second-order valence-corrected chi connectivity index (χ2v) is 4.66. The van der Waals surface area contributed by atoms with Gasteiger partial charge in [0.15, 0.2) is 0 Å². The molecule has 0 saturated carbocycles. The van der Waals surface area contributed by atoms with Crippen LogP contribution in [0.1, 0.15) is 25.3 Å². The Hall–Kier alpha value is -1.23. The first-order chi connectivity index (χ1) is 7.65. The summed E-state index contributed by atoms with van der Waals surface area (Å²) in [6.45, 7) is 2.16. The molecule has 0 bridgehead atoms. The summed E-state index contributed by atoms with van der Waals surface area (Å²) in [6.07, 6.45) is 2.39. The van der Waals surface area contributed by atoms with Gasteiger partial charge in [-0.2, -0.15) is 11.8 Å². The molecule has 0 aliphatic rings. The number of rotatable bonds is 6. The van der Waals surface area contributed by atoms with E-state index >= 15 is 0 Å². The Morgan fingerprint density at radius 2 is 2.25 bits per heavy atom. The van der Waals surface area contributed by atoms with E-state index in [2.05, 4.69) is 6.92 Å². The summed E-state index contributed by atoms with van der Waals surface area (Å²) in [5.74, 6) is 1.98. The lowest BCUT2D eigenvalue weighted by atomic mass is 10.2. The van der Waals surface area contributed by atoms with Crippen molar-refractivity contribution in [3.63, 3.8) is 0 Å². The van der Waals surface area contributed by atoms with Gasteiger partial charge in [0, 0.05) is 11.8 Å². The third-order valence-electron chi connectivity index (χ3n) is 2.20. The fourth-order valence-corrected chi connectivity index (χ4v) is 2.35. The van der Waals surface area contributed by atoms with E-state index in [1.54, 1.807) is 12.1 Å². The number of nitrogens with zero attached hydrogens (tertiary/aromatic N) is 1. The highest BCUT2D eigenvalue weighted by Gasteiger charge is 2.10. The average molecular weight is 240 g/mol. The summed E-state index contributed by atoms with van der Waals surface area (Å²) in [6, 6.07) is 4.94. The van der Waals surface area contributed by atoms with Gasteiger partial charge < -0.3 is 5.73 Å². The first-order valence-electron chi connectivity index (χ1n) is 5.25. The van der Waals surface area contributed by atoms with Crippen molar-refractivity contribution >= 4 is 23.1 Å². The summed E-state index contributed by atoms with van der Waals surface area (Å²) >= 11 is 1.83. The molecule has 2 N–H and O–H groups in total. The minimum Gasteiger partial charge on any atom is -0.393 e. The zero-order chi connectivity index (χ0) is 12.0. The summed E-state index contributed by atoms with van der Waals surface area (Å²) in [4.78, 5) is 10.1. The number of nitrogens with two attached hydrogens (primary N) is 1. The molecule has 0 aliphatic heterocycles. The van der Waals surface area contributed by atoms with Crippen LogP contribution in [0.2, 0.25) is 0 Å². The van der Waals surface area contributed by atoms with Crippen LogP contribution in [0.15, 0.2) is 18.2 Å². The normalized spacial score (nSPS) is 10.3. The van der Waals surface area contributed by atoms with Crippen molar-refractivity contribution < 1.29 is 4.92 Å². The first kappa shape index (κ1) is 12.8. The number of nitro groups is 1. The third-order valence-corrected chi connectivity index (χ3v) is 3.31. The Bertz CT molecular complexity index is 369. The molecule has 0 amide bonds. The van der Waals surface area contributed by atoms with E-state index in [0.717, 1.165) is 17.1 Å². The van der Waals surface area contributed by atoms with Gasteiger partial charge in [-0.25, -0.2) is 0 Å². The van der Waals surface area contributed by atoms with E-state index in [-0.39, 0.29) is 11.4 Å². The monoisotopic (exact) mass is 240 g/mol. The van der Waals surface area contributed by atoms with E-state index in [4.69, 9.17) is 5.73 Å². The van der Waals surface area contributed by atoms with Crippen LogP contribution in [0.25, 0.3) is 0 Å². The van der Waals surface area contributed by atoms with Crippen molar-refractivity contribution in [2.45, 2.75) is 25.5 Å². The van der Waals surface area contributed by atoms with Gasteiger partial charge in [0.1, 0.15) is 5.69 Å². The molecule has 5 heteroatoms. The fourth-order valence-electron chi connectivity index (χ4n) is 1.30. The number of hydrogen-bond donors (Lipinski definition) is 1. The molecule has 0 radical (unpaired) electrons. The van der Waals surface area contributed by atoms with E-state index in [1.807, 2.05) is 11.8 Å². The van der Waals surface area contributed by atoms with Gasteiger partial charge in [0.2, 0.25) is 0 Å². The van der Waals surface area contributed by atoms with Crippen LogP contribution in [0.4, 0.5) is 11.4 Å². The zero-order valence-electron chi connectivity index (χ0n) is 9.31. The minimum atomic E-state index is -0.455. The van der Waals surface area contributed by atoms with Crippen molar-refractivity contribution in [2.24, 2.45) is 0 Å². The molecule has 0 aliphatic carbocycles. The van der Waals surface area contributed by atoms with Crippen LogP contribution in [-0.4, -0.2) is 10.7 Å². The summed E-state index contributed by atoms with van der Waals surface area (Å²) in [7, 11) is 0. The maximum Gasteiger partial charge on any atom is 0.292 e. The van der Waals surface area contributed by atoms with Crippen LogP contribution >= 0.6 is 11.8 Å². The van der Waals surface area contributed by atoms with E-state index in [9.17, 15) is 10.1 Å². The molecule has 0 fully saturated rings. The van der Waals surface area contributed by atoms with Gasteiger partial charge in [-0.05, 0) is 23.8 Å². The molecule has 0 atom stereocenters. The molecule has 1 aromatic rings. The number of hydrogen-bond acceptors (Lipinski definition) is 4. The molecular formula is C11H16N2O2S. The van der Waals surface area contributed by atoms with Gasteiger partial charge in [-0.15, -0.1) is 0 Å². The lowest BCUT2D eigenvalue weighted by Crippen LogP contribution is -1.96. The number of anilines is 1. The summed E-state index contributed by atoms with van der Waals surface area (Å²) in [5, 5.41) is 10.6. The lowest BCUT2D eigenvalue weighted by Gasteiger charge is -2.03. The molecule has 1 aromatic carbocycles. The highest BCUT2D eigenvalue weighted by molar-refractivity contribution is 7.98. The number of thioether (sulfide) groups is 1. The standard InChI is InChI=1S/C11H16N2O2S/c1-2-3-6-16-8-9-4-5-11(13(14)15)10(12)7-9/h4-5,7H,2-3,6,8,12H2,1H3. The maximum absolute atomic E-state index is 10.6. The summed E-state index contributed by atoms with van der Waals surface area (Å²) < 4.78 is 0. The lowest BCUT2D eigenvalue weighted by molar-refractivity contribution is -0.383. The Morgan fingerprint density at radius 1 is 1.50 bits per heavy atom. The number of nitrogen functional groups attached to an aromatic ring is 1. The fraction of sp³-hybridized carbons (Fsp3) is 0.455. The van der Waals surface area contributed by atoms with Crippen LogP contribution < -0.4 is 5.73 Å². The maximum atomic E-state index is 10.6. The van der Waals surface area contributed by atoms with E-state index < -0.39 is 4.92 Å². The highest BCUT2D eigenvalue weighted by Crippen LogP contribution is 2.24. The van der Waals surface area contributed by atoms with Gasteiger partial charge in [0.05, 0.1) is 4.92 Å². The number of unbranched alkanes of at least 4 members (excludes halogenated alkanes) is 1. The largest absolute Gasteiger partial charge is 0.393 e. The van der Waals surface area contributed by atoms with Crippen LogP contribution in [-0.2, 0) is 5.75 Å². The summed E-state index contributed by atoms with van der Waals surface area (Å²) in [5.41, 5.74) is 6.88. The van der Waals surface area contributed by atoms with Gasteiger partial charge in [-0.3, -0.25) is 10.1 Å². The molecule has 0 unspecified atom stereocenters. The van der Waals surface area contributed by atoms with Crippen LogP contribution in [0.3, 0.4) is 0 Å². The average Bonchev–Trinajstić information content (AvgIpc) is 2.24. The zero-order valence-corrected chi connectivity index (χ0v) is 10.1. The molecule has 1 rings (SSSR count). The number of benzene rings is 1. The van der Waals surface area contributed by atoms with E-state index in [0.29, 0.717) is 0 Å². The minimum absolute atomic E-state index is 0.0118. The van der Waals surface area contributed by atoms with Crippen molar-refractivity contribution in [2.75, 3.05) is 11.5 Å². The Kier molecular flexibility index (Phi) is 5.11. The van der Waals surface area contributed by atoms with Crippen LogP contribution in [0, 0.1) is 10.1 Å². The predicted octanol–water partition coefficient (Wildman–Crippen LogP) is 3.21. The van der Waals surface area contributed by atoms with E-state index in [1.165, 1.54) is 18.9 Å². The number of nitro benzene ring substituents is 1. The van der Waals surface area contributed by atoms with Crippen molar-refractivity contribution in [3.05, 3.63) is 33.9 Å².